The smallest absolute Gasteiger partial charge is 0.0623 e. The van der Waals surface area contributed by atoms with Crippen molar-refractivity contribution in [2.24, 2.45) is 0 Å². The third kappa shape index (κ3) is 2.58. The molecular weight excluding hydrogens is 224 g/mol. The Bertz CT molecular complexity index is 405. The van der Waals surface area contributed by atoms with Crippen molar-refractivity contribution in [2.75, 3.05) is 13.2 Å². The van der Waals surface area contributed by atoms with Crippen molar-refractivity contribution in [1.82, 2.24) is 10.2 Å². The maximum atomic E-state index is 9.65. The van der Waals surface area contributed by atoms with Crippen molar-refractivity contribution >= 4 is 0 Å². The van der Waals surface area contributed by atoms with Crippen LogP contribution in [0.1, 0.15) is 30.9 Å². The van der Waals surface area contributed by atoms with Crippen molar-refractivity contribution in [3.05, 3.63) is 35.4 Å². The van der Waals surface area contributed by atoms with Gasteiger partial charge in [-0.1, -0.05) is 24.3 Å². The average molecular weight is 246 g/mol. The molecule has 1 unspecified atom stereocenters. The van der Waals surface area contributed by atoms with E-state index in [2.05, 4.69) is 41.4 Å². The summed E-state index contributed by atoms with van der Waals surface area (Å²) >= 11 is 0. The lowest BCUT2D eigenvalue weighted by atomic mass is 10.0. The van der Waals surface area contributed by atoms with Crippen LogP contribution in [0.4, 0.5) is 0 Å². The molecule has 98 valence electrons. The molecule has 0 spiro atoms. The number of rotatable bonds is 5. The number of aliphatic hydroxyl groups excluding tert-OH is 1. The first-order valence-corrected chi connectivity index (χ1v) is 6.86. The lowest BCUT2D eigenvalue weighted by Gasteiger charge is -2.33. The van der Waals surface area contributed by atoms with Gasteiger partial charge < -0.3 is 10.4 Å². The normalized spacial score (nSPS) is 22.8. The highest BCUT2D eigenvalue weighted by atomic mass is 16.3. The van der Waals surface area contributed by atoms with E-state index >= 15 is 0 Å². The molecule has 3 nitrogen and oxygen atoms in total. The molecule has 2 N–H and O–H groups in total. The fourth-order valence-electron chi connectivity index (χ4n) is 2.87. The van der Waals surface area contributed by atoms with Crippen LogP contribution in [0.5, 0.6) is 0 Å². The van der Waals surface area contributed by atoms with E-state index in [1.165, 1.54) is 24.0 Å². The molecule has 1 aliphatic heterocycles. The summed E-state index contributed by atoms with van der Waals surface area (Å²) in [4.78, 5) is 2.43. The zero-order valence-corrected chi connectivity index (χ0v) is 11.0. The van der Waals surface area contributed by atoms with Crippen molar-refractivity contribution in [3.63, 3.8) is 0 Å². The molecule has 18 heavy (non-hydrogen) atoms. The van der Waals surface area contributed by atoms with Gasteiger partial charge in [0.1, 0.15) is 0 Å². The first-order chi connectivity index (χ1) is 8.68. The summed E-state index contributed by atoms with van der Waals surface area (Å²) in [5.74, 6) is 0. The van der Waals surface area contributed by atoms with E-state index in [-0.39, 0.29) is 12.1 Å². The molecule has 0 amide bonds. The number of benzene rings is 1. The minimum absolute atomic E-state index is 0.163. The number of aliphatic hydroxyl groups is 1. The predicted molar refractivity (Wildman–Crippen MR) is 72.2 cm³/mol. The second kappa shape index (κ2) is 4.65. The minimum Gasteiger partial charge on any atom is -0.394 e. The molecule has 1 atom stereocenters. The Morgan fingerprint density at radius 2 is 1.89 bits per heavy atom. The van der Waals surface area contributed by atoms with E-state index in [0.29, 0.717) is 6.04 Å². The molecule has 0 aromatic heterocycles. The monoisotopic (exact) mass is 246 g/mol. The summed E-state index contributed by atoms with van der Waals surface area (Å²) in [7, 11) is 0. The van der Waals surface area contributed by atoms with E-state index in [1.54, 1.807) is 0 Å². The van der Waals surface area contributed by atoms with Gasteiger partial charge in [0.25, 0.3) is 0 Å². The van der Waals surface area contributed by atoms with Gasteiger partial charge in [0, 0.05) is 25.7 Å². The fraction of sp³-hybridized carbons (Fsp3) is 0.600. The maximum Gasteiger partial charge on any atom is 0.0623 e. The molecule has 3 rings (SSSR count). The summed E-state index contributed by atoms with van der Waals surface area (Å²) < 4.78 is 0. The van der Waals surface area contributed by atoms with Crippen LogP contribution in [-0.4, -0.2) is 34.7 Å². The Hall–Kier alpha value is -0.900. The molecule has 0 saturated heterocycles. The molecule has 2 aliphatic rings. The topological polar surface area (TPSA) is 35.5 Å². The third-order valence-electron chi connectivity index (χ3n) is 3.96. The van der Waals surface area contributed by atoms with E-state index in [9.17, 15) is 5.11 Å². The molecule has 1 saturated carbocycles. The Balaban J connectivity index is 1.63. The summed E-state index contributed by atoms with van der Waals surface area (Å²) in [6, 6.07) is 9.26. The Morgan fingerprint density at radius 3 is 2.39 bits per heavy atom. The summed E-state index contributed by atoms with van der Waals surface area (Å²) in [5.41, 5.74) is 2.71. The van der Waals surface area contributed by atoms with E-state index < -0.39 is 0 Å². The number of nitrogens with zero attached hydrogens (tertiary/aromatic N) is 1. The number of hydrogen-bond acceptors (Lipinski definition) is 3. The van der Waals surface area contributed by atoms with Crippen LogP contribution in [-0.2, 0) is 13.1 Å². The van der Waals surface area contributed by atoms with Gasteiger partial charge in [-0.15, -0.1) is 0 Å². The standard InChI is InChI=1S/C15H22N2O/c1-15(11-18,16-14-6-7-14)10-17-8-12-4-2-3-5-13(12)9-17/h2-5,14,16,18H,6-11H2,1H3. The van der Waals surface area contributed by atoms with E-state index in [1.807, 2.05) is 0 Å². The van der Waals surface area contributed by atoms with Crippen LogP contribution in [0.3, 0.4) is 0 Å². The Kier molecular flexibility index (Phi) is 3.14. The Labute approximate surface area is 109 Å². The van der Waals surface area contributed by atoms with Crippen molar-refractivity contribution < 1.29 is 5.11 Å². The molecule has 0 radical (unpaired) electrons. The summed E-state index contributed by atoms with van der Waals surface area (Å²) in [6.07, 6.45) is 2.52. The van der Waals surface area contributed by atoms with Gasteiger partial charge in [0.15, 0.2) is 0 Å². The predicted octanol–water partition coefficient (Wildman–Crippen LogP) is 1.51. The largest absolute Gasteiger partial charge is 0.394 e. The van der Waals surface area contributed by atoms with Crippen molar-refractivity contribution in [1.29, 1.82) is 0 Å². The molecule has 1 aromatic carbocycles. The van der Waals surface area contributed by atoms with Gasteiger partial charge in [-0.25, -0.2) is 0 Å². The van der Waals surface area contributed by atoms with Gasteiger partial charge in [-0.05, 0) is 30.9 Å². The SMILES string of the molecule is CC(CO)(CN1Cc2ccccc2C1)NC1CC1. The third-order valence-corrected chi connectivity index (χ3v) is 3.96. The zero-order valence-electron chi connectivity index (χ0n) is 11.0. The van der Waals surface area contributed by atoms with Crippen LogP contribution in [0.15, 0.2) is 24.3 Å². The quantitative estimate of drug-likeness (QED) is 0.826. The molecule has 1 aliphatic carbocycles. The summed E-state index contributed by atoms with van der Waals surface area (Å²) in [5, 5.41) is 13.2. The van der Waals surface area contributed by atoms with Gasteiger partial charge in [0.2, 0.25) is 0 Å². The molecule has 3 heteroatoms. The maximum absolute atomic E-state index is 9.65. The fourth-order valence-corrected chi connectivity index (χ4v) is 2.87. The van der Waals surface area contributed by atoms with Gasteiger partial charge in [-0.2, -0.15) is 0 Å². The van der Waals surface area contributed by atoms with E-state index in [4.69, 9.17) is 0 Å². The average Bonchev–Trinajstić information content (AvgIpc) is 3.06. The molecule has 1 heterocycles. The van der Waals surface area contributed by atoms with Gasteiger partial charge in [-0.3, -0.25) is 4.90 Å². The summed E-state index contributed by atoms with van der Waals surface area (Å²) in [6.45, 7) is 5.27. The van der Waals surface area contributed by atoms with E-state index in [0.717, 1.165) is 19.6 Å². The second-order valence-corrected chi connectivity index (χ2v) is 6.05. The lowest BCUT2D eigenvalue weighted by molar-refractivity contribution is 0.117. The second-order valence-electron chi connectivity index (χ2n) is 6.05. The number of nitrogens with one attached hydrogen (secondary N) is 1. The van der Waals surface area contributed by atoms with Crippen LogP contribution in [0.2, 0.25) is 0 Å². The van der Waals surface area contributed by atoms with Gasteiger partial charge >= 0.3 is 0 Å². The highest BCUT2D eigenvalue weighted by Crippen LogP contribution is 2.26. The first-order valence-electron chi connectivity index (χ1n) is 6.86. The van der Waals surface area contributed by atoms with Crippen LogP contribution in [0.25, 0.3) is 0 Å². The van der Waals surface area contributed by atoms with Crippen LogP contribution < -0.4 is 5.32 Å². The first kappa shape index (κ1) is 12.2. The van der Waals surface area contributed by atoms with Crippen molar-refractivity contribution in [3.8, 4) is 0 Å². The molecule has 0 bridgehead atoms. The Morgan fingerprint density at radius 1 is 1.28 bits per heavy atom. The van der Waals surface area contributed by atoms with Crippen molar-refractivity contribution in [2.45, 2.75) is 44.4 Å². The number of hydrogen-bond donors (Lipinski definition) is 2. The highest BCUT2D eigenvalue weighted by Gasteiger charge is 2.34. The minimum atomic E-state index is -0.163. The zero-order chi connectivity index (χ0) is 12.6. The lowest BCUT2D eigenvalue weighted by Crippen LogP contribution is -2.54. The van der Waals surface area contributed by atoms with Crippen LogP contribution >= 0.6 is 0 Å². The molecule has 1 fully saturated rings. The number of fused-ring (bicyclic) bond motifs is 1. The molecular formula is C15H22N2O. The van der Waals surface area contributed by atoms with Crippen LogP contribution in [0, 0.1) is 0 Å². The van der Waals surface area contributed by atoms with Gasteiger partial charge in [0.05, 0.1) is 12.1 Å². The molecule has 1 aromatic rings. The highest BCUT2D eigenvalue weighted by molar-refractivity contribution is 5.30.